The zero-order chi connectivity index (χ0) is 17.9. The van der Waals surface area contributed by atoms with E-state index in [-0.39, 0.29) is 11.6 Å². The molecule has 0 bridgehead atoms. The zero-order valence-electron chi connectivity index (χ0n) is 14.4. The molecular weight excluding hydrogens is 342 g/mol. The van der Waals surface area contributed by atoms with E-state index in [2.05, 4.69) is 30.1 Å². The van der Waals surface area contributed by atoms with Crippen molar-refractivity contribution >= 4 is 21.5 Å². The highest BCUT2D eigenvalue weighted by Crippen LogP contribution is 2.20. The second-order valence-electron chi connectivity index (χ2n) is 6.05. The van der Waals surface area contributed by atoms with Crippen molar-refractivity contribution in [3.8, 4) is 0 Å². The van der Waals surface area contributed by atoms with E-state index < -0.39 is 10.0 Å². The van der Waals surface area contributed by atoms with Crippen molar-refractivity contribution in [1.82, 2.24) is 24.5 Å². The molecule has 3 rings (SSSR count). The Bertz CT molecular complexity index is 809. The van der Waals surface area contributed by atoms with Crippen LogP contribution in [0, 0.1) is 6.92 Å². The molecule has 3 heterocycles. The Hall–Kier alpha value is -2.20. The highest BCUT2D eigenvalue weighted by Gasteiger charge is 2.18. The molecule has 0 radical (unpaired) electrons. The van der Waals surface area contributed by atoms with Crippen LogP contribution in [0.1, 0.15) is 18.7 Å². The van der Waals surface area contributed by atoms with Crippen LogP contribution in [-0.2, 0) is 17.1 Å². The number of hydrogen-bond donors (Lipinski definition) is 2. The lowest BCUT2D eigenvalue weighted by molar-refractivity contribution is 0.579. The lowest BCUT2D eigenvalue weighted by atomic mass is 10.4. The lowest BCUT2D eigenvalue weighted by Crippen LogP contribution is -2.29. The normalized spacial score (nSPS) is 14.9. The summed E-state index contributed by atoms with van der Waals surface area (Å²) < 4.78 is 28.6. The van der Waals surface area contributed by atoms with Crippen LogP contribution in [0.4, 0.5) is 11.5 Å². The Morgan fingerprint density at radius 1 is 1.24 bits per heavy atom. The molecule has 1 saturated heterocycles. The van der Waals surface area contributed by atoms with Gasteiger partial charge in [-0.3, -0.25) is 0 Å². The van der Waals surface area contributed by atoms with E-state index in [4.69, 9.17) is 0 Å². The van der Waals surface area contributed by atoms with Gasteiger partial charge in [0.05, 0.1) is 11.9 Å². The summed E-state index contributed by atoms with van der Waals surface area (Å²) >= 11 is 0. The van der Waals surface area contributed by atoms with E-state index >= 15 is 0 Å². The first-order valence-corrected chi connectivity index (χ1v) is 9.75. The van der Waals surface area contributed by atoms with Gasteiger partial charge in [0, 0.05) is 45.5 Å². The molecule has 2 N–H and O–H groups in total. The highest BCUT2D eigenvalue weighted by molar-refractivity contribution is 7.89. The van der Waals surface area contributed by atoms with Gasteiger partial charge in [0.25, 0.3) is 10.0 Å². The Balaban J connectivity index is 1.52. The minimum Gasteiger partial charge on any atom is -0.370 e. The summed E-state index contributed by atoms with van der Waals surface area (Å²) in [7, 11) is -1.84. The van der Waals surface area contributed by atoms with Crippen molar-refractivity contribution in [2.45, 2.75) is 24.8 Å². The summed E-state index contributed by atoms with van der Waals surface area (Å²) in [6, 6.07) is 1.94. The Labute approximate surface area is 147 Å². The molecule has 1 aliphatic rings. The fourth-order valence-electron chi connectivity index (χ4n) is 2.70. The van der Waals surface area contributed by atoms with Gasteiger partial charge in [-0.25, -0.2) is 18.1 Å². The predicted molar refractivity (Wildman–Crippen MR) is 95.1 cm³/mol. The highest BCUT2D eigenvalue weighted by atomic mass is 32.2. The molecule has 2 aromatic heterocycles. The average Bonchev–Trinajstić information content (AvgIpc) is 3.23. The van der Waals surface area contributed by atoms with Gasteiger partial charge in [-0.2, -0.15) is 5.10 Å². The molecule has 2 aromatic rings. The number of nitrogens with zero attached hydrogens (tertiary/aromatic N) is 5. The standard InChI is InChI=1S/C15H23N7O2S/c1-12-19-15(11-21(12)2)25(23,24)18-6-5-16-14-9-13(10-17-20-14)22-7-3-4-8-22/h9-11,18H,3-8H2,1-2H3,(H,16,20). The maximum Gasteiger partial charge on any atom is 0.259 e. The molecule has 0 spiro atoms. The van der Waals surface area contributed by atoms with Gasteiger partial charge in [0.15, 0.2) is 10.8 Å². The van der Waals surface area contributed by atoms with Gasteiger partial charge in [-0.05, 0) is 19.8 Å². The minimum atomic E-state index is -3.60. The van der Waals surface area contributed by atoms with Gasteiger partial charge in [0.2, 0.25) is 0 Å². The van der Waals surface area contributed by atoms with Crippen LogP contribution >= 0.6 is 0 Å². The number of rotatable bonds is 7. The van der Waals surface area contributed by atoms with Crippen LogP contribution in [0.25, 0.3) is 0 Å². The van der Waals surface area contributed by atoms with Crippen LogP contribution in [0.5, 0.6) is 0 Å². The van der Waals surface area contributed by atoms with E-state index in [0.29, 0.717) is 18.2 Å². The molecule has 25 heavy (non-hydrogen) atoms. The monoisotopic (exact) mass is 365 g/mol. The molecule has 9 nitrogen and oxygen atoms in total. The van der Waals surface area contributed by atoms with Crippen LogP contribution in [0.2, 0.25) is 0 Å². The molecule has 0 aromatic carbocycles. The summed E-state index contributed by atoms with van der Waals surface area (Å²) in [4.78, 5) is 6.31. The van der Waals surface area contributed by atoms with E-state index in [1.807, 2.05) is 6.07 Å². The van der Waals surface area contributed by atoms with Crippen molar-refractivity contribution < 1.29 is 8.42 Å². The second-order valence-corrected chi connectivity index (χ2v) is 7.77. The van der Waals surface area contributed by atoms with E-state index in [1.165, 1.54) is 19.0 Å². The predicted octanol–water partition coefficient (Wildman–Crippen LogP) is 0.509. The van der Waals surface area contributed by atoms with Crippen molar-refractivity contribution in [1.29, 1.82) is 0 Å². The zero-order valence-corrected chi connectivity index (χ0v) is 15.3. The van der Waals surface area contributed by atoms with Crippen molar-refractivity contribution in [2.24, 2.45) is 7.05 Å². The molecule has 1 fully saturated rings. The van der Waals surface area contributed by atoms with Crippen LogP contribution in [0.3, 0.4) is 0 Å². The Morgan fingerprint density at radius 2 is 2.00 bits per heavy atom. The molecule has 0 saturated carbocycles. The van der Waals surface area contributed by atoms with Gasteiger partial charge in [-0.15, -0.1) is 5.10 Å². The van der Waals surface area contributed by atoms with Crippen LogP contribution in [-0.4, -0.2) is 54.3 Å². The van der Waals surface area contributed by atoms with E-state index in [1.54, 1.807) is 24.7 Å². The fourth-order valence-corrected chi connectivity index (χ4v) is 3.76. The van der Waals surface area contributed by atoms with E-state index in [9.17, 15) is 8.42 Å². The summed E-state index contributed by atoms with van der Waals surface area (Å²) in [5.41, 5.74) is 1.04. The summed E-state index contributed by atoms with van der Waals surface area (Å²) in [5, 5.41) is 11.2. The summed E-state index contributed by atoms with van der Waals surface area (Å²) in [6.07, 6.45) is 5.64. The third-order valence-electron chi connectivity index (χ3n) is 4.20. The number of aryl methyl sites for hydroxylation is 2. The third kappa shape index (κ3) is 4.26. The first-order valence-electron chi connectivity index (χ1n) is 8.27. The molecule has 0 aliphatic carbocycles. The number of sulfonamides is 1. The maximum atomic E-state index is 12.2. The largest absolute Gasteiger partial charge is 0.370 e. The van der Waals surface area contributed by atoms with Crippen molar-refractivity contribution in [3.05, 3.63) is 24.3 Å². The molecular formula is C15H23N7O2S. The van der Waals surface area contributed by atoms with Gasteiger partial charge < -0.3 is 14.8 Å². The molecule has 0 amide bonds. The smallest absolute Gasteiger partial charge is 0.259 e. The number of anilines is 2. The molecule has 10 heteroatoms. The topological polar surface area (TPSA) is 105 Å². The number of nitrogens with one attached hydrogen (secondary N) is 2. The SMILES string of the molecule is Cc1nc(S(=O)(=O)NCCNc2cc(N3CCCC3)cnn2)cn1C. The second kappa shape index (κ2) is 7.36. The number of aromatic nitrogens is 4. The van der Waals surface area contributed by atoms with Gasteiger partial charge in [0.1, 0.15) is 5.82 Å². The third-order valence-corrected chi connectivity index (χ3v) is 5.53. The molecule has 1 aliphatic heterocycles. The van der Waals surface area contributed by atoms with Crippen molar-refractivity contribution in [3.63, 3.8) is 0 Å². The number of imidazole rings is 1. The first kappa shape index (κ1) is 17.6. The van der Waals surface area contributed by atoms with Gasteiger partial charge in [-0.1, -0.05) is 0 Å². The fraction of sp³-hybridized carbons (Fsp3) is 0.533. The molecule has 0 unspecified atom stereocenters. The molecule has 136 valence electrons. The summed E-state index contributed by atoms with van der Waals surface area (Å²) in [6.45, 7) is 4.46. The maximum absolute atomic E-state index is 12.2. The summed E-state index contributed by atoms with van der Waals surface area (Å²) in [5.74, 6) is 1.28. The van der Waals surface area contributed by atoms with E-state index in [0.717, 1.165) is 18.8 Å². The first-order chi connectivity index (χ1) is 12.0. The Kier molecular flexibility index (Phi) is 5.19. The Morgan fingerprint density at radius 3 is 2.68 bits per heavy atom. The minimum absolute atomic E-state index is 0.0309. The average molecular weight is 365 g/mol. The molecule has 0 atom stereocenters. The quantitative estimate of drug-likeness (QED) is 0.689. The van der Waals surface area contributed by atoms with Gasteiger partial charge >= 0.3 is 0 Å². The van der Waals surface area contributed by atoms with Crippen LogP contribution in [0.15, 0.2) is 23.5 Å². The van der Waals surface area contributed by atoms with Crippen molar-refractivity contribution in [2.75, 3.05) is 36.4 Å². The number of hydrogen-bond acceptors (Lipinski definition) is 7. The lowest BCUT2D eigenvalue weighted by Gasteiger charge is -2.17. The van der Waals surface area contributed by atoms with Crippen LogP contribution < -0.4 is 14.9 Å².